The van der Waals surface area contributed by atoms with Crippen LogP contribution in [0.4, 0.5) is 5.69 Å². The Kier molecular flexibility index (Phi) is 3.49. The summed E-state index contributed by atoms with van der Waals surface area (Å²) in [5.41, 5.74) is 0.669. The molecule has 1 amide bonds. The second kappa shape index (κ2) is 4.87. The average Bonchev–Trinajstić information content (AvgIpc) is 2.65. The lowest BCUT2D eigenvalue weighted by atomic mass is 10.3. The topological polar surface area (TPSA) is 29.1 Å². The van der Waals surface area contributed by atoms with Crippen molar-refractivity contribution in [3.8, 4) is 0 Å². The average molecular weight is 272 g/mol. The molecule has 1 N–H and O–H groups in total. The molecule has 0 fully saturated rings. The maximum absolute atomic E-state index is 11.7. The van der Waals surface area contributed by atoms with Crippen LogP contribution in [0.15, 0.2) is 36.4 Å². The van der Waals surface area contributed by atoms with E-state index in [0.29, 0.717) is 19.9 Å². The summed E-state index contributed by atoms with van der Waals surface area (Å²) in [6.07, 6.45) is 0. The van der Waals surface area contributed by atoms with Gasteiger partial charge in [0.25, 0.3) is 5.91 Å². The highest BCUT2D eigenvalue weighted by Crippen LogP contribution is 2.23. The molecule has 0 unspecified atom stereocenters. The Hall–Kier alpha value is -1.03. The van der Waals surface area contributed by atoms with Crippen molar-refractivity contribution in [3.05, 3.63) is 50.6 Å². The van der Waals surface area contributed by atoms with Crippen molar-refractivity contribution in [1.29, 1.82) is 0 Å². The van der Waals surface area contributed by atoms with Gasteiger partial charge in [0.15, 0.2) is 0 Å². The number of hydrogen-bond donors (Lipinski definition) is 1. The largest absolute Gasteiger partial charge is 0.321 e. The summed E-state index contributed by atoms with van der Waals surface area (Å²) in [6, 6.07) is 10.4. The zero-order valence-electron chi connectivity index (χ0n) is 8.04. The molecular formula is C11H7Cl2NOS. The number of thiophene rings is 1. The fraction of sp³-hybridized carbons (Fsp3) is 0. The minimum Gasteiger partial charge on any atom is -0.321 e. The molecule has 0 saturated carbocycles. The number of amides is 1. The van der Waals surface area contributed by atoms with Crippen molar-refractivity contribution >= 4 is 46.1 Å². The molecule has 1 aromatic carbocycles. The van der Waals surface area contributed by atoms with Crippen LogP contribution in [-0.4, -0.2) is 5.91 Å². The number of carbonyl (C=O) groups is 1. The summed E-state index contributed by atoms with van der Waals surface area (Å²) >= 11 is 12.8. The Morgan fingerprint density at radius 3 is 2.62 bits per heavy atom. The molecule has 5 heteroatoms. The van der Waals surface area contributed by atoms with E-state index in [-0.39, 0.29) is 5.91 Å². The number of anilines is 1. The van der Waals surface area contributed by atoms with E-state index in [0.717, 1.165) is 0 Å². The number of halogens is 2. The highest BCUT2D eigenvalue weighted by molar-refractivity contribution is 7.18. The fourth-order valence-electron chi connectivity index (χ4n) is 1.20. The minimum absolute atomic E-state index is 0.181. The van der Waals surface area contributed by atoms with Gasteiger partial charge in [0.1, 0.15) is 0 Å². The van der Waals surface area contributed by atoms with Gasteiger partial charge in [-0.2, -0.15) is 0 Å². The standard InChI is InChI=1S/C11H7Cl2NOS/c12-7-2-1-3-8(6-7)14-11(15)9-4-5-10(13)16-9/h1-6H,(H,14,15). The number of rotatable bonds is 2. The summed E-state index contributed by atoms with van der Waals surface area (Å²) in [7, 11) is 0. The van der Waals surface area contributed by atoms with Crippen molar-refractivity contribution in [2.75, 3.05) is 5.32 Å². The molecule has 16 heavy (non-hydrogen) atoms. The molecule has 2 aromatic rings. The van der Waals surface area contributed by atoms with Crippen LogP contribution < -0.4 is 5.32 Å². The van der Waals surface area contributed by atoms with Gasteiger partial charge in [-0.1, -0.05) is 29.3 Å². The molecule has 0 radical (unpaired) electrons. The van der Waals surface area contributed by atoms with Crippen LogP contribution in [0.2, 0.25) is 9.36 Å². The monoisotopic (exact) mass is 271 g/mol. The first-order chi connectivity index (χ1) is 7.65. The van der Waals surface area contributed by atoms with E-state index in [4.69, 9.17) is 23.2 Å². The Balaban J connectivity index is 2.13. The van der Waals surface area contributed by atoms with Crippen molar-refractivity contribution in [2.45, 2.75) is 0 Å². The number of benzene rings is 1. The smallest absolute Gasteiger partial charge is 0.265 e. The van der Waals surface area contributed by atoms with E-state index in [1.807, 2.05) is 0 Å². The summed E-state index contributed by atoms with van der Waals surface area (Å²) in [4.78, 5) is 12.3. The van der Waals surface area contributed by atoms with Crippen molar-refractivity contribution in [1.82, 2.24) is 0 Å². The lowest BCUT2D eigenvalue weighted by molar-refractivity contribution is 0.103. The van der Waals surface area contributed by atoms with Gasteiger partial charge in [-0.25, -0.2) is 0 Å². The Labute approximate surface area is 107 Å². The molecule has 0 atom stereocenters. The van der Waals surface area contributed by atoms with Gasteiger partial charge in [-0.05, 0) is 30.3 Å². The van der Waals surface area contributed by atoms with Crippen molar-refractivity contribution < 1.29 is 4.79 Å². The Morgan fingerprint density at radius 2 is 2.00 bits per heavy atom. The first-order valence-electron chi connectivity index (χ1n) is 4.47. The molecule has 1 aromatic heterocycles. The second-order valence-electron chi connectivity index (χ2n) is 3.07. The van der Waals surface area contributed by atoms with Crippen LogP contribution in [0.5, 0.6) is 0 Å². The van der Waals surface area contributed by atoms with E-state index in [1.165, 1.54) is 11.3 Å². The molecule has 0 aliphatic rings. The Morgan fingerprint density at radius 1 is 1.19 bits per heavy atom. The van der Waals surface area contributed by atoms with Crippen LogP contribution in [0.3, 0.4) is 0 Å². The number of hydrogen-bond acceptors (Lipinski definition) is 2. The molecule has 0 saturated heterocycles. The first kappa shape index (κ1) is 11.5. The molecular weight excluding hydrogens is 265 g/mol. The van der Waals surface area contributed by atoms with E-state index in [1.54, 1.807) is 36.4 Å². The van der Waals surface area contributed by atoms with Gasteiger partial charge in [0.05, 0.1) is 9.21 Å². The maximum Gasteiger partial charge on any atom is 0.265 e. The molecule has 1 heterocycles. The lowest BCUT2D eigenvalue weighted by Gasteiger charge is -2.03. The third-order valence-electron chi connectivity index (χ3n) is 1.88. The zero-order valence-corrected chi connectivity index (χ0v) is 10.4. The second-order valence-corrected chi connectivity index (χ2v) is 5.22. The van der Waals surface area contributed by atoms with Crippen LogP contribution in [-0.2, 0) is 0 Å². The van der Waals surface area contributed by atoms with Gasteiger partial charge in [0, 0.05) is 10.7 Å². The van der Waals surface area contributed by atoms with E-state index >= 15 is 0 Å². The highest BCUT2D eigenvalue weighted by Gasteiger charge is 2.08. The summed E-state index contributed by atoms with van der Waals surface area (Å²) in [5, 5.41) is 3.33. The van der Waals surface area contributed by atoms with Gasteiger partial charge >= 0.3 is 0 Å². The van der Waals surface area contributed by atoms with Gasteiger partial charge in [-0.15, -0.1) is 11.3 Å². The molecule has 0 bridgehead atoms. The van der Waals surface area contributed by atoms with Gasteiger partial charge in [0.2, 0.25) is 0 Å². The van der Waals surface area contributed by atoms with Crippen LogP contribution >= 0.6 is 34.5 Å². The Bertz CT molecular complexity index is 524. The zero-order chi connectivity index (χ0) is 11.5. The number of nitrogens with one attached hydrogen (secondary N) is 1. The summed E-state index contributed by atoms with van der Waals surface area (Å²) < 4.78 is 0.594. The van der Waals surface area contributed by atoms with Gasteiger partial charge < -0.3 is 5.32 Å². The van der Waals surface area contributed by atoms with Crippen LogP contribution in [0.25, 0.3) is 0 Å². The molecule has 0 spiro atoms. The van der Waals surface area contributed by atoms with Crippen LogP contribution in [0, 0.1) is 0 Å². The third-order valence-corrected chi connectivity index (χ3v) is 3.34. The van der Waals surface area contributed by atoms with Gasteiger partial charge in [-0.3, -0.25) is 4.79 Å². The van der Waals surface area contributed by atoms with Crippen LogP contribution in [0.1, 0.15) is 9.67 Å². The number of carbonyl (C=O) groups excluding carboxylic acids is 1. The minimum atomic E-state index is -0.181. The fourth-order valence-corrected chi connectivity index (χ4v) is 2.32. The SMILES string of the molecule is O=C(Nc1cccc(Cl)c1)c1ccc(Cl)s1. The summed E-state index contributed by atoms with van der Waals surface area (Å²) in [5.74, 6) is -0.181. The van der Waals surface area contributed by atoms with E-state index in [2.05, 4.69) is 5.32 Å². The normalized spacial score (nSPS) is 10.1. The maximum atomic E-state index is 11.7. The quantitative estimate of drug-likeness (QED) is 0.867. The predicted molar refractivity (Wildman–Crippen MR) is 68.7 cm³/mol. The van der Waals surface area contributed by atoms with Crippen molar-refractivity contribution in [3.63, 3.8) is 0 Å². The first-order valence-corrected chi connectivity index (χ1v) is 6.04. The summed E-state index contributed by atoms with van der Waals surface area (Å²) in [6.45, 7) is 0. The molecule has 82 valence electrons. The predicted octanol–water partition coefficient (Wildman–Crippen LogP) is 4.31. The molecule has 2 rings (SSSR count). The third kappa shape index (κ3) is 2.76. The molecule has 0 aliphatic carbocycles. The van der Waals surface area contributed by atoms with E-state index < -0.39 is 0 Å². The molecule has 2 nitrogen and oxygen atoms in total. The molecule has 0 aliphatic heterocycles. The van der Waals surface area contributed by atoms with Crippen molar-refractivity contribution in [2.24, 2.45) is 0 Å². The lowest BCUT2D eigenvalue weighted by Crippen LogP contribution is -2.09. The van der Waals surface area contributed by atoms with E-state index in [9.17, 15) is 4.79 Å². The highest BCUT2D eigenvalue weighted by atomic mass is 35.5.